The lowest BCUT2D eigenvalue weighted by molar-refractivity contribution is 0.575. The predicted molar refractivity (Wildman–Crippen MR) is 82.4 cm³/mol. The molecule has 0 fully saturated rings. The molecule has 0 heterocycles. The van der Waals surface area contributed by atoms with Gasteiger partial charge in [-0.05, 0) is 38.8 Å². The molecule has 102 valence electrons. The third-order valence-corrected chi connectivity index (χ3v) is 3.74. The second-order valence-electron chi connectivity index (χ2n) is 5.35. The molecule has 1 aromatic carbocycles. The van der Waals surface area contributed by atoms with Crippen molar-refractivity contribution in [3.8, 4) is 0 Å². The third kappa shape index (κ3) is 4.72. The van der Waals surface area contributed by atoms with Crippen LogP contribution in [0.5, 0.6) is 0 Å². The zero-order valence-electron chi connectivity index (χ0n) is 12.6. The third-order valence-electron chi connectivity index (χ3n) is 3.74. The average molecular weight is 247 g/mol. The smallest absolute Gasteiger partial charge is 0.0368 e. The molecule has 0 aromatic heterocycles. The lowest BCUT2D eigenvalue weighted by atomic mass is 10.1. The van der Waals surface area contributed by atoms with Crippen LogP contribution in [-0.2, 0) is 0 Å². The van der Waals surface area contributed by atoms with Crippen LogP contribution < -0.4 is 4.90 Å². The largest absolute Gasteiger partial charge is 0.369 e. The summed E-state index contributed by atoms with van der Waals surface area (Å²) in [5.74, 6) is 0. The molecule has 0 bridgehead atoms. The second kappa shape index (κ2) is 8.18. The summed E-state index contributed by atoms with van der Waals surface area (Å²) >= 11 is 0. The number of nitrogens with zero attached hydrogens (tertiary/aromatic N) is 1. The summed E-state index contributed by atoms with van der Waals surface area (Å²) < 4.78 is 0. The first kappa shape index (κ1) is 15.1. The zero-order chi connectivity index (χ0) is 13.4. The molecule has 1 nitrogen and oxygen atoms in total. The molecular weight excluding hydrogens is 218 g/mol. The maximum absolute atomic E-state index is 2.56. The average Bonchev–Trinajstić information content (AvgIpc) is 2.39. The molecule has 0 aliphatic heterocycles. The summed E-state index contributed by atoms with van der Waals surface area (Å²) in [5, 5.41) is 0. The van der Waals surface area contributed by atoms with E-state index in [0.717, 1.165) is 0 Å². The zero-order valence-corrected chi connectivity index (χ0v) is 12.6. The summed E-state index contributed by atoms with van der Waals surface area (Å²) in [6.45, 7) is 10.2. The van der Waals surface area contributed by atoms with Crippen molar-refractivity contribution in [1.82, 2.24) is 0 Å². The van der Waals surface area contributed by atoms with Gasteiger partial charge in [-0.3, -0.25) is 0 Å². The minimum absolute atomic E-state index is 0.634. The fourth-order valence-electron chi connectivity index (χ4n) is 2.27. The summed E-state index contributed by atoms with van der Waals surface area (Å²) in [6, 6.07) is 9.60. The van der Waals surface area contributed by atoms with Crippen LogP contribution in [0.2, 0.25) is 0 Å². The van der Waals surface area contributed by atoms with Crippen LogP contribution in [0.4, 0.5) is 5.69 Å². The van der Waals surface area contributed by atoms with Crippen molar-refractivity contribution >= 4 is 5.69 Å². The van der Waals surface area contributed by atoms with Gasteiger partial charge in [0.15, 0.2) is 0 Å². The Morgan fingerprint density at radius 2 is 1.67 bits per heavy atom. The van der Waals surface area contributed by atoms with Gasteiger partial charge in [0.25, 0.3) is 0 Å². The molecule has 1 aromatic rings. The molecule has 0 N–H and O–H groups in total. The van der Waals surface area contributed by atoms with Crippen molar-refractivity contribution in [3.05, 3.63) is 29.8 Å². The van der Waals surface area contributed by atoms with E-state index in [-0.39, 0.29) is 0 Å². The van der Waals surface area contributed by atoms with E-state index in [2.05, 4.69) is 56.9 Å². The summed E-state index contributed by atoms with van der Waals surface area (Å²) in [5.41, 5.74) is 2.72. The molecule has 0 aliphatic carbocycles. The highest BCUT2D eigenvalue weighted by atomic mass is 15.2. The van der Waals surface area contributed by atoms with E-state index in [1.165, 1.54) is 49.9 Å². The number of hydrogen-bond donors (Lipinski definition) is 0. The van der Waals surface area contributed by atoms with Gasteiger partial charge in [-0.25, -0.2) is 0 Å². The molecular formula is C17H29N. The van der Waals surface area contributed by atoms with Crippen molar-refractivity contribution in [2.75, 3.05) is 11.4 Å². The molecule has 0 amide bonds. The maximum Gasteiger partial charge on any atom is 0.0368 e. The lowest BCUT2D eigenvalue weighted by Gasteiger charge is -2.31. The van der Waals surface area contributed by atoms with Crippen LogP contribution in [-0.4, -0.2) is 12.6 Å². The number of rotatable bonds is 8. The van der Waals surface area contributed by atoms with Gasteiger partial charge < -0.3 is 4.90 Å². The molecule has 0 spiro atoms. The van der Waals surface area contributed by atoms with Crippen molar-refractivity contribution in [3.63, 3.8) is 0 Å². The second-order valence-corrected chi connectivity index (χ2v) is 5.35. The molecule has 1 rings (SSSR count). The first-order valence-electron chi connectivity index (χ1n) is 7.52. The van der Waals surface area contributed by atoms with Gasteiger partial charge in [0.05, 0.1) is 0 Å². The van der Waals surface area contributed by atoms with Crippen LogP contribution in [0.15, 0.2) is 24.3 Å². The SMILES string of the molecule is CCCCCCN(c1ccc(C)cc1)[C@@H](C)CC. The highest BCUT2D eigenvalue weighted by Crippen LogP contribution is 2.20. The van der Waals surface area contributed by atoms with E-state index in [1.54, 1.807) is 0 Å². The summed E-state index contributed by atoms with van der Waals surface area (Å²) in [6.07, 6.45) is 6.55. The van der Waals surface area contributed by atoms with Crippen molar-refractivity contribution in [2.45, 2.75) is 65.8 Å². The Kier molecular flexibility index (Phi) is 6.85. The van der Waals surface area contributed by atoms with Crippen LogP contribution in [0, 0.1) is 6.92 Å². The van der Waals surface area contributed by atoms with Crippen molar-refractivity contribution in [1.29, 1.82) is 0 Å². The van der Waals surface area contributed by atoms with E-state index in [1.807, 2.05) is 0 Å². The molecule has 18 heavy (non-hydrogen) atoms. The first-order chi connectivity index (χ1) is 8.69. The molecule has 0 aliphatic rings. The van der Waals surface area contributed by atoms with Gasteiger partial charge in [-0.1, -0.05) is 50.8 Å². The Hall–Kier alpha value is -0.980. The number of hydrogen-bond acceptors (Lipinski definition) is 1. The Morgan fingerprint density at radius 1 is 1.00 bits per heavy atom. The Labute approximate surface area is 113 Å². The van der Waals surface area contributed by atoms with Gasteiger partial charge in [0.2, 0.25) is 0 Å². The van der Waals surface area contributed by atoms with E-state index in [9.17, 15) is 0 Å². The topological polar surface area (TPSA) is 3.24 Å². The maximum atomic E-state index is 2.56. The fraction of sp³-hybridized carbons (Fsp3) is 0.647. The molecule has 1 heteroatoms. The van der Waals surface area contributed by atoms with Gasteiger partial charge in [-0.2, -0.15) is 0 Å². The fourth-order valence-corrected chi connectivity index (χ4v) is 2.27. The summed E-state index contributed by atoms with van der Waals surface area (Å²) in [4.78, 5) is 2.56. The number of aryl methyl sites for hydroxylation is 1. The predicted octanol–water partition coefficient (Wildman–Crippen LogP) is 5.18. The van der Waals surface area contributed by atoms with Crippen LogP contribution >= 0.6 is 0 Å². The minimum Gasteiger partial charge on any atom is -0.369 e. The van der Waals surface area contributed by atoms with E-state index in [4.69, 9.17) is 0 Å². The van der Waals surface area contributed by atoms with Gasteiger partial charge >= 0.3 is 0 Å². The first-order valence-corrected chi connectivity index (χ1v) is 7.52. The van der Waals surface area contributed by atoms with Gasteiger partial charge in [-0.15, -0.1) is 0 Å². The van der Waals surface area contributed by atoms with Crippen molar-refractivity contribution < 1.29 is 0 Å². The number of anilines is 1. The normalized spacial score (nSPS) is 12.4. The molecule has 0 unspecified atom stereocenters. The molecule has 0 saturated heterocycles. The standard InChI is InChI=1S/C17H29N/c1-5-7-8-9-14-18(16(4)6-2)17-12-10-15(3)11-13-17/h10-13,16H,5-9,14H2,1-4H3/t16-/m0/s1. The lowest BCUT2D eigenvalue weighted by Crippen LogP contribution is -2.33. The van der Waals surface area contributed by atoms with E-state index in [0.29, 0.717) is 6.04 Å². The summed E-state index contributed by atoms with van der Waals surface area (Å²) in [7, 11) is 0. The van der Waals surface area contributed by atoms with Crippen LogP contribution in [0.3, 0.4) is 0 Å². The Bertz CT molecular complexity index is 315. The Morgan fingerprint density at radius 3 is 2.22 bits per heavy atom. The van der Waals surface area contributed by atoms with Gasteiger partial charge in [0, 0.05) is 18.3 Å². The van der Waals surface area contributed by atoms with Crippen LogP contribution in [0.1, 0.15) is 58.4 Å². The van der Waals surface area contributed by atoms with Crippen molar-refractivity contribution in [2.24, 2.45) is 0 Å². The number of unbranched alkanes of at least 4 members (excludes halogenated alkanes) is 3. The highest BCUT2D eigenvalue weighted by molar-refractivity contribution is 5.48. The quantitative estimate of drug-likeness (QED) is 0.572. The number of benzene rings is 1. The molecule has 0 saturated carbocycles. The highest BCUT2D eigenvalue weighted by Gasteiger charge is 2.12. The molecule has 1 atom stereocenters. The minimum atomic E-state index is 0.634. The van der Waals surface area contributed by atoms with E-state index >= 15 is 0 Å². The Balaban J connectivity index is 2.63. The van der Waals surface area contributed by atoms with Gasteiger partial charge in [0.1, 0.15) is 0 Å². The van der Waals surface area contributed by atoms with E-state index < -0.39 is 0 Å². The van der Waals surface area contributed by atoms with Crippen LogP contribution in [0.25, 0.3) is 0 Å². The monoisotopic (exact) mass is 247 g/mol. The molecule has 0 radical (unpaired) electrons.